The van der Waals surface area contributed by atoms with E-state index in [1.54, 1.807) is 0 Å². The van der Waals surface area contributed by atoms with Gasteiger partial charge in [0.1, 0.15) is 0 Å². The molecule has 2 amide bonds. The minimum atomic E-state index is 0.111. The van der Waals surface area contributed by atoms with Gasteiger partial charge in [-0.15, -0.1) is 0 Å². The second kappa shape index (κ2) is 6.81. The van der Waals surface area contributed by atoms with E-state index >= 15 is 0 Å². The molecule has 0 aromatic carbocycles. The van der Waals surface area contributed by atoms with Crippen molar-refractivity contribution in [3.8, 4) is 0 Å². The van der Waals surface area contributed by atoms with Crippen LogP contribution in [-0.2, 0) is 0 Å². The first-order chi connectivity index (χ1) is 8.81. The highest BCUT2D eigenvalue weighted by Crippen LogP contribution is 2.22. The number of amides is 2. The summed E-state index contributed by atoms with van der Waals surface area (Å²) >= 11 is 0. The second-order valence-electron chi connectivity index (χ2n) is 5.56. The zero-order chi connectivity index (χ0) is 12.8. The Balaban J connectivity index is 1.86. The van der Waals surface area contributed by atoms with Crippen LogP contribution < -0.4 is 5.32 Å². The summed E-state index contributed by atoms with van der Waals surface area (Å²) in [5.41, 5.74) is 1.42. The predicted molar refractivity (Wildman–Crippen MR) is 74.3 cm³/mol. The zero-order valence-electron chi connectivity index (χ0n) is 11.6. The van der Waals surface area contributed by atoms with Gasteiger partial charge in [0.05, 0.1) is 0 Å². The van der Waals surface area contributed by atoms with Gasteiger partial charge in [-0.05, 0) is 51.4 Å². The highest BCUT2D eigenvalue weighted by molar-refractivity contribution is 5.75. The fourth-order valence-electron chi connectivity index (χ4n) is 3.09. The van der Waals surface area contributed by atoms with Crippen molar-refractivity contribution in [2.75, 3.05) is 6.54 Å². The number of hydrogen-bond donors (Lipinski definition) is 1. The quantitative estimate of drug-likeness (QED) is 0.794. The van der Waals surface area contributed by atoms with Gasteiger partial charge in [0.25, 0.3) is 0 Å². The third-order valence-corrected chi connectivity index (χ3v) is 4.25. The third kappa shape index (κ3) is 3.50. The molecule has 2 fully saturated rings. The molecule has 1 unspecified atom stereocenters. The van der Waals surface area contributed by atoms with Crippen molar-refractivity contribution in [1.29, 1.82) is 0 Å². The predicted octanol–water partition coefficient (Wildman–Crippen LogP) is 3.81. The largest absolute Gasteiger partial charge is 0.322 e. The smallest absolute Gasteiger partial charge is 0.321 e. The van der Waals surface area contributed by atoms with Gasteiger partial charge in [-0.1, -0.05) is 18.9 Å². The number of carbonyl (C=O) groups is 1. The van der Waals surface area contributed by atoms with Crippen molar-refractivity contribution < 1.29 is 4.79 Å². The molecule has 18 heavy (non-hydrogen) atoms. The van der Waals surface area contributed by atoms with Crippen LogP contribution in [0.4, 0.5) is 4.79 Å². The van der Waals surface area contributed by atoms with Crippen molar-refractivity contribution in [3.63, 3.8) is 0 Å². The molecular weight excluding hydrogens is 224 g/mol. The normalized spacial score (nSPS) is 24.8. The zero-order valence-corrected chi connectivity index (χ0v) is 11.6. The Morgan fingerprint density at radius 2 is 2.06 bits per heavy atom. The minimum absolute atomic E-state index is 0.111. The second-order valence-corrected chi connectivity index (χ2v) is 5.56. The molecule has 1 aliphatic carbocycles. The van der Waals surface area contributed by atoms with E-state index in [1.165, 1.54) is 37.7 Å². The number of urea groups is 1. The van der Waals surface area contributed by atoms with Crippen molar-refractivity contribution >= 4 is 6.03 Å². The maximum absolute atomic E-state index is 12.2. The lowest BCUT2D eigenvalue weighted by atomic mass is 9.96. The summed E-state index contributed by atoms with van der Waals surface area (Å²) < 4.78 is 0. The Bertz CT molecular complexity index is 304. The standard InChI is InChI=1S/C15H26N2O/c1-2-14-10-6-7-11-17(14)15(18)16-12-13-8-4-3-5-9-13/h12,14H,2-11H2,1H3,(H,16,18). The molecule has 3 nitrogen and oxygen atoms in total. The highest BCUT2D eigenvalue weighted by atomic mass is 16.2. The summed E-state index contributed by atoms with van der Waals surface area (Å²) in [4.78, 5) is 14.2. The maximum atomic E-state index is 12.2. The molecule has 102 valence electrons. The van der Waals surface area contributed by atoms with Crippen molar-refractivity contribution in [1.82, 2.24) is 10.2 Å². The topological polar surface area (TPSA) is 32.3 Å². The fourth-order valence-corrected chi connectivity index (χ4v) is 3.09. The van der Waals surface area contributed by atoms with Crippen LogP contribution in [0.5, 0.6) is 0 Å². The summed E-state index contributed by atoms with van der Waals surface area (Å²) in [6.45, 7) is 3.10. The molecule has 1 N–H and O–H groups in total. The average Bonchev–Trinajstić information content (AvgIpc) is 2.45. The van der Waals surface area contributed by atoms with Crippen molar-refractivity contribution in [2.45, 2.75) is 70.8 Å². The number of hydrogen-bond acceptors (Lipinski definition) is 1. The Hall–Kier alpha value is -0.990. The molecule has 1 saturated carbocycles. The van der Waals surface area contributed by atoms with Gasteiger partial charge in [-0.25, -0.2) is 4.79 Å². The summed E-state index contributed by atoms with van der Waals surface area (Å²) in [7, 11) is 0. The summed E-state index contributed by atoms with van der Waals surface area (Å²) in [5, 5.41) is 3.01. The molecule has 0 spiro atoms. The average molecular weight is 250 g/mol. The SMILES string of the molecule is CCC1CCCCN1C(=O)NC=C1CCCCC1. The summed E-state index contributed by atoms with van der Waals surface area (Å²) in [6, 6.07) is 0.558. The van der Waals surface area contributed by atoms with Gasteiger partial charge in [0.2, 0.25) is 0 Å². The van der Waals surface area contributed by atoms with Gasteiger partial charge >= 0.3 is 6.03 Å². The van der Waals surface area contributed by atoms with E-state index in [4.69, 9.17) is 0 Å². The molecule has 0 aromatic rings. The van der Waals surface area contributed by atoms with Gasteiger partial charge in [0, 0.05) is 18.8 Å². The third-order valence-electron chi connectivity index (χ3n) is 4.25. The maximum Gasteiger partial charge on any atom is 0.321 e. The van der Waals surface area contributed by atoms with E-state index in [0.717, 1.165) is 32.2 Å². The van der Waals surface area contributed by atoms with E-state index < -0.39 is 0 Å². The van der Waals surface area contributed by atoms with Gasteiger partial charge in [-0.3, -0.25) is 0 Å². The van der Waals surface area contributed by atoms with Crippen LogP contribution in [0.2, 0.25) is 0 Å². The van der Waals surface area contributed by atoms with Gasteiger partial charge in [0.15, 0.2) is 0 Å². The molecule has 1 aliphatic heterocycles. The molecular formula is C15H26N2O. The molecule has 0 radical (unpaired) electrons. The summed E-state index contributed by atoms with van der Waals surface area (Å²) in [5.74, 6) is 0. The van der Waals surface area contributed by atoms with E-state index in [1.807, 2.05) is 11.1 Å². The first-order valence-electron chi connectivity index (χ1n) is 7.56. The van der Waals surface area contributed by atoms with Crippen LogP contribution >= 0.6 is 0 Å². The summed E-state index contributed by atoms with van der Waals surface area (Å²) in [6.07, 6.45) is 12.9. The van der Waals surface area contributed by atoms with Crippen LogP contribution in [0, 0.1) is 0 Å². The first kappa shape index (κ1) is 13.4. The van der Waals surface area contributed by atoms with Gasteiger partial charge in [-0.2, -0.15) is 0 Å². The van der Waals surface area contributed by atoms with Crippen LogP contribution in [0.15, 0.2) is 11.8 Å². The number of carbonyl (C=O) groups excluding carboxylic acids is 1. The highest BCUT2D eigenvalue weighted by Gasteiger charge is 2.24. The van der Waals surface area contributed by atoms with Crippen molar-refractivity contribution in [3.05, 3.63) is 11.8 Å². The molecule has 1 atom stereocenters. The van der Waals surface area contributed by atoms with E-state index in [-0.39, 0.29) is 6.03 Å². The van der Waals surface area contributed by atoms with E-state index in [9.17, 15) is 4.79 Å². The molecule has 3 heteroatoms. The van der Waals surface area contributed by atoms with Crippen LogP contribution in [0.3, 0.4) is 0 Å². The number of nitrogens with zero attached hydrogens (tertiary/aromatic N) is 1. The molecule has 2 aliphatic rings. The van der Waals surface area contributed by atoms with E-state index in [0.29, 0.717) is 6.04 Å². The van der Waals surface area contributed by atoms with Crippen LogP contribution in [0.25, 0.3) is 0 Å². The Labute approximate surface area is 111 Å². The van der Waals surface area contributed by atoms with Crippen molar-refractivity contribution in [2.24, 2.45) is 0 Å². The Morgan fingerprint density at radius 1 is 1.28 bits per heavy atom. The monoisotopic (exact) mass is 250 g/mol. The fraction of sp³-hybridized carbons (Fsp3) is 0.800. The molecule has 1 heterocycles. The number of nitrogens with one attached hydrogen (secondary N) is 1. The molecule has 1 saturated heterocycles. The molecule has 0 aromatic heterocycles. The first-order valence-corrected chi connectivity index (χ1v) is 7.56. The van der Waals surface area contributed by atoms with E-state index in [2.05, 4.69) is 12.2 Å². The number of allylic oxidation sites excluding steroid dienone is 1. The van der Waals surface area contributed by atoms with Crippen LogP contribution in [-0.4, -0.2) is 23.5 Å². The lowest BCUT2D eigenvalue weighted by Crippen LogP contribution is -2.47. The lowest BCUT2D eigenvalue weighted by Gasteiger charge is -2.34. The lowest BCUT2D eigenvalue weighted by molar-refractivity contribution is 0.152. The molecule has 0 bridgehead atoms. The van der Waals surface area contributed by atoms with Gasteiger partial charge < -0.3 is 10.2 Å². The minimum Gasteiger partial charge on any atom is -0.322 e. The Kier molecular flexibility index (Phi) is 5.09. The number of rotatable bonds is 2. The molecule has 2 rings (SSSR count). The number of piperidine rings is 1. The number of likely N-dealkylation sites (tertiary alicyclic amines) is 1. The Morgan fingerprint density at radius 3 is 2.78 bits per heavy atom. The van der Waals surface area contributed by atoms with Crippen LogP contribution in [0.1, 0.15) is 64.7 Å².